The van der Waals surface area contributed by atoms with E-state index in [-0.39, 0.29) is 4.90 Å². The molecule has 0 saturated carbocycles. The Labute approximate surface area is 198 Å². The lowest BCUT2D eigenvalue weighted by Crippen LogP contribution is -2.39. The molecule has 0 spiro atoms. The van der Waals surface area contributed by atoms with Crippen LogP contribution in [0, 0.1) is 0 Å². The van der Waals surface area contributed by atoms with E-state index in [1.54, 1.807) is 29.5 Å². The summed E-state index contributed by atoms with van der Waals surface area (Å²) in [6.45, 7) is 3.89. The van der Waals surface area contributed by atoms with Gasteiger partial charge in [-0.2, -0.15) is 0 Å². The fourth-order valence-corrected chi connectivity index (χ4v) is 6.61. The lowest BCUT2D eigenvalue weighted by molar-refractivity contribution is 0.340. The summed E-state index contributed by atoms with van der Waals surface area (Å²) in [5, 5.41) is 2.52. The largest absolute Gasteiger partial charge is 0.494 e. The van der Waals surface area contributed by atoms with Gasteiger partial charge in [-0.3, -0.25) is 0 Å². The lowest BCUT2D eigenvalue weighted by Gasteiger charge is -2.31. The number of piperidine rings is 1. The quantitative estimate of drug-likeness (QED) is 0.456. The third kappa shape index (κ3) is 4.94. The van der Waals surface area contributed by atoms with Crippen molar-refractivity contribution in [3.8, 4) is 28.5 Å². The molecule has 7 nitrogen and oxygen atoms in total. The monoisotopic (exact) mass is 488 g/mol. The van der Waals surface area contributed by atoms with Gasteiger partial charge in [-0.05, 0) is 56.2 Å². The molecule has 0 radical (unpaired) electrons. The number of hydrogen-bond acceptors (Lipinski definition) is 8. The standard InChI is InChI=1S/C24H28N2O5S2/c1-4-31-18-7-5-17(6-8-18)21-16-32-24(25-21)26-13-11-19(12-14-26)33(27,28)20-9-10-22(29-2)23(15-20)30-3/h5-10,15-16,19H,4,11-14H2,1-3H3. The second-order valence-electron chi connectivity index (χ2n) is 7.72. The predicted octanol–water partition coefficient (Wildman–Crippen LogP) is 4.67. The normalized spacial score (nSPS) is 14.8. The molecule has 1 fully saturated rings. The zero-order chi connectivity index (χ0) is 23.4. The van der Waals surface area contributed by atoms with Gasteiger partial charge in [0.1, 0.15) is 5.75 Å². The van der Waals surface area contributed by atoms with Gasteiger partial charge in [-0.15, -0.1) is 11.3 Å². The van der Waals surface area contributed by atoms with Gasteiger partial charge in [0.05, 0.1) is 36.7 Å². The minimum atomic E-state index is -3.46. The fraction of sp³-hybridized carbons (Fsp3) is 0.375. The van der Waals surface area contributed by atoms with Gasteiger partial charge in [0.2, 0.25) is 0 Å². The molecular weight excluding hydrogens is 460 g/mol. The zero-order valence-electron chi connectivity index (χ0n) is 19.0. The van der Waals surface area contributed by atoms with E-state index in [0.717, 1.165) is 22.1 Å². The van der Waals surface area contributed by atoms with Crippen molar-refractivity contribution in [2.24, 2.45) is 0 Å². The molecule has 2 heterocycles. The Kier molecular flexibility index (Phi) is 7.09. The molecule has 0 N–H and O–H groups in total. The summed E-state index contributed by atoms with van der Waals surface area (Å²) >= 11 is 1.58. The van der Waals surface area contributed by atoms with E-state index < -0.39 is 15.1 Å². The first-order valence-corrected chi connectivity index (χ1v) is 13.3. The van der Waals surface area contributed by atoms with Crippen LogP contribution in [0.4, 0.5) is 5.13 Å². The van der Waals surface area contributed by atoms with Crippen LogP contribution < -0.4 is 19.1 Å². The second kappa shape index (κ2) is 10.0. The van der Waals surface area contributed by atoms with Crippen LogP contribution in [-0.2, 0) is 9.84 Å². The smallest absolute Gasteiger partial charge is 0.185 e. The highest BCUT2D eigenvalue weighted by atomic mass is 32.2. The Morgan fingerprint density at radius 3 is 2.36 bits per heavy atom. The number of thiazole rings is 1. The van der Waals surface area contributed by atoms with Crippen LogP contribution in [0.1, 0.15) is 19.8 Å². The SMILES string of the molecule is CCOc1ccc(-c2csc(N3CCC(S(=O)(=O)c4ccc(OC)c(OC)c4)CC3)n2)cc1. The van der Waals surface area contributed by atoms with Crippen LogP contribution in [0.3, 0.4) is 0 Å². The average Bonchev–Trinajstić information content (AvgIpc) is 3.34. The molecule has 4 rings (SSSR count). The molecule has 1 aliphatic heterocycles. The van der Waals surface area contributed by atoms with Crippen LogP contribution in [-0.4, -0.2) is 52.6 Å². The van der Waals surface area contributed by atoms with Crippen molar-refractivity contribution in [2.75, 3.05) is 38.8 Å². The zero-order valence-corrected chi connectivity index (χ0v) is 20.6. The van der Waals surface area contributed by atoms with Gasteiger partial charge in [0.25, 0.3) is 0 Å². The summed E-state index contributed by atoms with van der Waals surface area (Å²) in [5.74, 6) is 1.77. The third-order valence-electron chi connectivity index (χ3n) is 5.79. The number of sulfone groups is 1. The van der Waals surface area contributed by atoms with Gasteiger partial charge in [-0.25, -0.2) is 13.4 Å². The number of methoxy groups -OCH3 is 2. The summed E-state index contributed by atoms with van der Waals surface area (Å²) in [7, 11) is -0.431. The Morgan fingerprint density at radius 2 is 1.73 bits per heavy atom. The molecule has 33 heavy (non-hydrogen) atoms. The summed E-state index contributed by atoms with van der Waals surface area (Å²) < 4.78 is 42.5. The second-order valence-corrected chi connectivity index (χ2v) is 10.8. The van der Waals surface area contributed by atoms with Gasteiger partial charge in [0, 0.05) is 30.1 Å². The number of aromatic nitrogens is 1. The Morgan fingerprint density at radius 1 is 1.03 bits per heavy atom. The van der Waals surface area contributed by atoms with Crippen LogP contribution >= 0.6 is 11.3 Å². The maximum atomic E-state index is 13.2. The molecular formula is C24H28N2O5S2. The molecule has 1 aliphatic rings. The molecule has 2 aromatic carbocycles. The summed E-state index contributed by atoms with van der Waals surface area (Å²) in [4.78, 5) is 7.23. The summed E-state index contributed by atoms with van der Waals surface area (Å²) in [6.07, 6.45) is 1.10. The van der Waals surface area contributed by atoms with Crippen molar-refractivity contribution in [3.05, 3.63) is 47.8 Å². The Bertz CT molecular complexity index is 1180. The number of hydrogen-bond donors (Lipinski definition) is 0. The topological polar surface area (TPSA) is 78.0 Å². The summed E-state index contributed by atoms with van der Waals surface area (Å²) in [6, 6.07) is 12.7. The first kappa shape index (κ1) is 23.4. The third-order valence-corrected chi connectivity index (χ3v) is 8.95. The molecule has 3 aromatic rings. The molecule has 1 saturated heterocycles. The van der Waals surface area contributed by atoms with E-state index in [2.05, 4.69) is 4.90 Å². The van der Waals surface area contributed by atoms with Crippen molar-refractivity contribution >= 4 is 26.3 Å². The van der Waals surface area contributed by atoms with Crippen molar-refractivity contribution in [1.82, 2.24) is 4.98 Å². The van der Waals surface area contributed by atoms with Crippen LogP contribution in [0.25, 0.3) is 11.3 Å². The van der Waals surface area contributed by atoms with E-state index in [1.165, 1.54) is 14.2 Å². The number of ether oxygens (including phenoxy) is 3. The van der Waals surface area contributed by atoms with Crippen molar-refractivity contribution < 1.29 is 22.6 Å². The van der Waals surface area contributed by atoms with Gasteiger partial charge < -0.3 is 19.1 Å². The predicted molar refractivity (Wildman–Crippen MR) is 131 cm³/mol. The van der Waals surface area contributed by atoms with E-state index >= 15 is 0 Å². The van der Waals surface area contributed by atoms with Crippen LogP contribution in [0.2, 0.25) is 0 Å². The molecule has 0 aliphatic carbocycles. The lowest BCUT2D eigenvalue weighted by atomic mass is 10.1. The number of anilines is 1. The first-order chi connectivity index (χ1) is 16.0. The highest BCUT2D eigenvalue weighted by Crippen LogP contribution is 2.35. The van der Waals surface area contributed by atoms with Gasteiger partial charge in [0.15, 0.2) is 26.5 Å². The number of benzene rings is 2. The van der Waals surface area contributed by atoms with Crippen LogP contribution in [0.15, 0.2) is 52.7 Å². The highest BCUT2D eigenvalue weighted by molar-refractivity contribution is 7.92. The molecule has 1 aromatic heterocycles. The van der Waals surface area contributed by atoms with E-state index in [9.17, 15) is 8.42 Å². The minimum absolute atomic E-state index is 0.269. The average molecular weight is 489 g/mol. The van der Waals surface area contributed by atoms with Crippen molar-refractivity contribution in [2.45, 2.75) is 29.9 Å². The number of rotatable bonds is 8. The summed E-state index contributed by atoms with van der Waals surface area (Å²) in [5.41, 5.74) is 1.95. The van der Waals surface area contributed by atoms with Crippen molar-refractivity contribution in [1.29, 1.82) is 0 Å². The maximum Gasteiger partial charge on any atom is 0.185 e. The van der Waals surface area contributed by atoms with E-state index in [1.807, 2.05) is 36.6 Å². The Hall–Kier alpha value is -2.78. The minimum Gasteiger partial charge on any atom is -0.494 e. The Balaban J connectivity index is 1.43. The maximum absolute atomic E-state index is 13.2. The fourth-order valence-electron chi connectivity index (χ4n) is 3.97. The molecule has 176 valence electrons. The molecule has 0 atom stereocenters. The van der Waals surface area contributed by atoms with Gasteiger partial charge >= 0.3 is 0 Å². The van der Waals surface area contributed by atoms with E-state index in [4.69, 9.17) is 19.2 Å². The van der Waals surface area contributed by atoms with Crippen LogP contribution in [0.5, 0.6) is 17.2 Å². The van der Waals surface area contributed by atoms with E-state index in [0.29, 0.717) is 44.0 Å². The van der Waals surface area contributed by atoms with Crippen molar-refractivity contribution in [3.63, 3.8) is 0 Å². The molecule has 0 unspecified atom stereocenters. The highest BCUT2D eigenvalue weighted by Gasteiger charge is 2.32. The molecule has 0 bridgehead atoms. The molecule has 9 heteroatoms. The number of nitrogens with zero attached hydrogens (tertiary/aromatic N) is 2. The molecule has 0 amide bonds. The first-order valence-electron chi connectivity index (χ1n) is 10.9. The van der Waals surface area contributed by atoms with Gasteiger partial charge in [-0.1, -0.05) is 0 Å².